The van der Waals surface area contributed by atoms with E-state index in [0.717, 1.165) is 12.3 Å². The summed E-state index contributed by atoms with van der Waals surface area (Å²) in [5.41, 5.74) is -0.962. The highest BCUT2D eigenvalue weighted by Crippen LogP contribution is 2.12. The molecule has 102 valence electrons. The van der Waals surface area contributed by atoms with Gasteiger partial charge in [-0.3, -0.25) is 4.79 Å². The number of aromatic hydroxyl groups is 1. The largest absolute Gasteiger partial charge is 0.503 e. The summed E-state index contributed by atoms with van der Waals surface area (Å²) >= 11 is 0. The minimum atomic E-state index is -3.95. The summed E-state index contributed by atoms with van der Waals surface area (Å²) in [7, 11) is -3.95. The molecule has 5 nitrogen and oxygen atoms in total. The van der Waals surface area contributed by atoms with E-state index in [1.54, 1.807) is 18.2 Å². The molecule has 0 saturated carbocycles. The fourth-order valence-corrected chi connectivity index (χ4v) is 2.63. The Balaban J connectivity index is 0.000000861. The third kappa shape index (κ3) is 3.03. The average molecular weight is 281 g/mol. The first-order valence-corrected chi connectivity index (χ1v) is 7.19. The summed E-state index contributed by atoms with van der Waals surface area (Å²) in [4.78, 5) is 11.5. The summed E-state index contributed by atoms with van der Waals surface area (Å²) in [6.07, 6.45) is 1.10. The molecule has 0 radical (unpaired) electrons. The maximum Gasteiger partial charge on any atom is 0.306 e. The van der Waals surface area contributed by atoms with Crippen molar-refractivity contribution in [3.8, 4) is 5.75 Å². The van der Waals surface area contributed by atoms with Crippen LogP contribution in [0.1, 0.15) is 13.8 Å². The first-order chi connectivity index (χ1) is 9.03. The molecule has 1 heterocycles. The number of pyridine rings is 1. The van der Waals surface area contributed by atoms with E-state index in [-0.39, 0.29) is 4.90 Å². The second kappa shape index (κ2) is 6.19. The lowest BCUT2D eigenvalue weighted by Crippen LogP contribution is -2.26. The minimum absolute atomic E-state index is 0.00676. The van der Waals surface area contributed by atoms with Gasteiger partial charge in [-0.05, 0) is 24.3 Å². The first-order valence-electron chi connectivity index (χ1n) is 5.75. The van der Waals surface area contributed by atoms with Crippen molar-refractivity contribution in [1.82, 2.24) is 3.97 Å². The molecule has 1 aromatic carbocycles. The van der Waals surface area contributed by atoms with Crippen LogP contribution in [0.3, 0.4) is 0 Å². The van der Waals surface area contributed by atoms with Gasteiger partial charge in [0.15, 0.2) is 5.75 Å². The van der Waals surface area contributed by atoms with Gasteiger partial charge >= 0.3 is 5.56 Å². The Hall–Kier alpha value is -2.08. The zero-order valence-electron chi connectivity index (χ0n) is 10.6. The molecule has 6 heteroatoms. The van der Waals surface area contributed by atoms with Crippen molar-refractivity contribution in [2.45, 2.75) is 18.7 Å². The molecule has 0 fully saturated rings. The normalized spacial score (nSPS) is 10.4. The second-order valence-electron chi connectivity index (χ2n) is 3.31. The zero-order chi connectivity index (χ0) is 14.5. The monoisotopic (exact) mass is 281 g/mol. The molecule has 0 unspecified atom stereocenters. The summed E-state index contributed by atoms with van der Waals surface area (Å²) < 4.78 is 24.6. The summed E-state index contributed by atoms with van der Waals surface area (Å²) in [6, 6.07) is 9.97. The molecule has 2 aromatic rings. The van der Waals surface area contributed by atoms with Crippen LogP contribution in [0.2, 0.25) is 0 Å². The van der Waals surface area contributed by atoms with Crippen molar-refractivity contribution in [2.24, 2.45) is 0 Å². The van der Waals surface area contributed by atoms with Gasteiger partial charge in [0.05, 0.1) is 4.90 Å². The highest BCUT2D eigenvalue weighted by atomic mass is 32.2. The van der Waals surface area contributed by atoms with Gasteiger partial charge in [0.2, 0.25) is 0 Å². The number of hydrogen-bond acceptors (Lipinski definition) is 4. The van der Waals surface area contributed by atoms with Crippen LogP contribution >= 0.6 is 0 Å². The molecule has 0 bridgehead atoms. The molecular formula is C13H15NO4S. The fraction of sp³-hybridized carbons (Fsp3) is 0.154. The van der Waals surface area contributed by atoms with Crippen LogP contribution in [0.25, 0.3) is 0 Å². The van der Waals surface area contributed by atoms with E-state index in [1.165, 1.54) is 18.2 Å². The molecule has 1 N–H and O–H groups in total. The van der Waals surface area contributed by atoms with Crippen LogP contribution in [0, 0.1) is 0 Å². The SMILES string of the molecule is CC.O=c1c(O)cccn1S(=O)(=O)c1ccccc1. The van der Waals surface area contributed by atoms with Crippen LogP contribution in [-0.4, -0.2) is 17.5 Å². The molecule has 19 heavy (non-hydrogen) atoms. The van der Waals surface area contributed by atoms with E-state index in [9.17, 15) is 18.3 Å². The summed E-state index contributed by atoms with van der Waals surface area (Å²) in [5, 5.41) is 9.21. The number of benzene rings is 1. The summed E-state index contributed by atoms with van der Waals surface area (Å²) in [6.45, 7) is 4.00. The maximum absolute atomic E-state index is 12.1. The topological polar surface area (TPSA) is 76.4 Å². The van der Waals surface area contributed by atoms with Crippen molar-refractivity contribution in [3.05, 3.63) is 59.0 Å². The third-order valence-electron chi connectivity index (χ3n) is 2.19. The molecule has 0 atom stereocenters. The van der Waals surface area contributed by atoms with E-state index in [4.69, 9.17) is 0 Å². The lowest BCUT2D eigenvalue weighted by atomic mass is 10.4. The number of rotatable bonds is 2. The van der Waals surface area contributed by atoms with Crippen molar-refractivity contribution in [2.75, 3.05) is 0 Å². The van der Waals surface area contributed by atoms with Crippen molar-refractivity contribution >= 4 is 10.0 Å². The Morgan fingerprint density at radius 1 is 1.00 bits per heavy atom. The third-order valence-corrected chi connectivity index (χ3v) is 3.87. The van der Waals surface area contributed by atoms with Gasteiger partial charge in [0, 0.05) is 6.20 Å². The number of hydrogen-bond donors (Lipinski definition) is 1. The minimum Gasteiger partial charge on any atom is -0.503 e. The number of nitrogens with zero attached hydrogens (tertiary/aromatic N) is 1. The summed E-state index contributed by atoms with van der Waals surface area (Å²) in [5.74, 6) is -0.605. The van der Waals surface area contributed by atoms with Crippen molar-refractivity contribution in [1.29, 1.82) is 0 Å². The average Bonchev–Trinajstić information content (AvgIpc) is 2.45. The van der Waals surface area contributed by atoms with Crippen LogP contribution in [0.5, 0.6) is 5.75 Å². The Kier molecular flexibility index (Phi) is 4.88. The van der Waals surface area contributed by atoms with Gasteiger partial charge in [0.25, 0.3) is 10.0 Å². The van der Waals surface area contributed by atoms with Crippen LogP contribution in [0.4, 0.5) is 0 Å². The Bertz CT molecular complexity index is 690. The van der Waals surface area contributed by atoms with Crippen LogP contribution in [0.15, 0.2) is 58.4 Å². The molecule has 0 aliphatic heterocycles. The fourth-order valence-electron chi connectivity index (χ4n) is 1.36. The van der Waals surface area contributed by atoms with E-state index < -0.39 is 21.3 Å². The van der Waals surface area contributed by atoms with E-state index in [2.05, 4.69) is 0 Å². The molecule has 0 spiro atoms. The second-order valence-corrected chi connectivity index (χ2v) is 5.13. The lowest BCUT2D eigenvalue weighted by Gasteiger charge is -2.07. The lowest BCUT2D eigenvalue weighted by molar-refractivity contribution is 0.464. The molecule has 0 aliphatic carbocycles. The van der Waals surface area contributed by atoms with E-state index in [1.807, 2.05) is 13.8 Å². The highest BCUT2D eigenvalue weighted by Gasteiger charge is 2.18. The Labute approximate surface area is 111 Å². The first kappa shape index (κ1) is 15.0. The Morgan fingerprint density at radius 3 is 2.16 bits per heavy atom. The standard InChI is InChI=1S/C11H9NO4S.C2H6/c13-10-7-4-8-12(11(10)14)17(15,16)9-5-2-1-3-6-9;1-2/h1-8,13H;1-2H3. The quantitative estimate of drug-likeness (QED) is 0.911. The predicted octanol–water partition coefficient (Wildman–Crippen LogP) is 1.82. The molecule has 2 rings (SSSR count). The predicted molar refractivity (Wildman–Crippen MR) is 72.7 cm³/mol. The van der Waals surface area contributed by atoms with Gasteiger partial charge in [-0.2, -0.15) is 0 Å². The van der Waals surface area contributed by atoms with Crippen molar-refractivity contribution in [3.63, 3.8) is 0 Å². The van der Waals surface area contributed by atoms with Gasteiger partial charge in [-0.15, -0.1) is 0 Å². The molecule has 0 aliphatic rings. The zero-order valence-corrected chi connectivity index (χ0v) is 11.5. The molecule has 0 amide bonds. The Morgan fingerprint density at radius 2 is 1.58 bits per heavy atom. The van der Waals surface area contributed by atoms with Gasteiger partial charge in [0.1, 0.15) is 0 Å². The molecule has 1 aromatic heterocycles. The smallest absolute Gasteiger partial charge is 0.306 e. The molecule has 0 saturated heterocycles. The maximum atomic E-state index is 12.1. The van der Waals surface area contributed by atoms with E-state index >= 15 is 0 Å². The van der Waals surface area contributed by atoms with Gasteiger partial charge in [-0.1, -0.05) is 32.0 Å². The number of aromatic nitrogens is 1. The van der Waals surface area contributed by atoms with Crippen LogP contribution < -0.4 is 5.56 Å². The van der Waals surface area contributed by atoms with Gasteiger partial charge < -0.3 is 5.11 Å². The van der Waals surface area contributed by atoms with Gasteiger partial charge in [-0.25, -0.2) is 12.4 Å². The van der Waals surface area contributed by atoms with Crippen molar-refractivity contribution < 1.29 is 13.5 Å². The molecular weight excluding hydrogens is 266 g/mol. The van der Waals surface area contributed by atoms with Crippen LogP contribution in [-0.2, 0) is 10.0 Å². The van der Waals surface area contributed by atoms with E-state index in [0.29, 0.717) is 3.97 Å². The highest BCUT2D eigenvalue weighted by molar-refractivity contribution is 7.90.